The lowest BCUT2D eigenvalue weighted by Gasteiger charge is -2.32. The molecule has 0 bridgehead atoms. The van der Waals surface area contributed by atoms with Crippen LogP contribution in [0.5, 0.6) is 0 Å². The molecule has 20 heavy (non-hydrogen) atoms. The first-order valence-corrected chi connectivity index (χ1v) is 7.04. The number of likely N-dealkylation sites (tertiary alicyclic amines) is 1. The van der Waals surface area contributed by atoms with Gasteiger partial charge in [-0.1, -0.05) is 6.07 Å². The van der Waals surface area contributed by atoms with E-state index in [9.17, 15) is 14.0 Å². The van der Waals surface area contributed by atoms with Gasteiger partial charge in [-0.25, -0.2) is 4.39 Å². The molecule has 0 spiro atoms. The van der Waals surface area contributed by atoms with Gasteiger partial charge in [-0.15, -0.1) is 11.6 Å². The van der Waals surface area contributed by atoms with E-state index in [0.29, 0.717) is 31.5 Å². The average Bonchev–Trinajstić information content (AvgIpc) is 2.47. The maximum absolute atomic E-state index is 13.1. The van der Waals surface area contributed by atoms with Crippen LogP contribution >= 0.6 is 11.6 Å². The Balaban J connectivity index is 1.90. The van der Waals surface area contributed by atoms with E-state index >= 15 is 0 Å². The van der Waals surface area contributed by atoms with Crippen LogP contribution in [0, 0.1) is 5.82 Å². The van der Waals surface area contributed by atoms with E-state index < -0.39 is 5.82 Å². The average molecular weight is 299 g/mol. The SMILES string of the molecule is O=C(CCl)NC1CCN(C(=O)c2cccc(F)c2)CC1. The van der Waals surface area contributed by atoms with Crippen LogP contribution in [0.2, 0.25) is 0 Å². The third-order valence-electron chi connectivity index (χ3n) is 3.34. The first kappa shape index (κ1) is 14.8. The molecule has 1 fully saturated rings. The van der Waals surface area contributed by atoms with Gasteiger partial charge in [0.2, 0.25) is 5.91 Å². The highest BCUT2D eigenvalue weighted by molar-refractivity contribution is 6.27. The van der Waals surface area contributed by atoms with Gasteiger partial charge in [0.15, 0.2) is 0 Å². The number of amides is 2. The maximum Gasteiger partial charge on any atom is 0.253 e. The molecule has 0 radical (unpaired) electrons. The molecule has 0 aliphatic carbocycles. The van der Waals surface area contributed by atoms with Crippen LogP contribution in [0.25, 0.3) is 0 Å². The molecule has 108 valence electrons. The van der Waals surface area contributed by atoms with Gasteiger partial charge in [0.05, 0.1) is 0 Å². The second-order valence-corrected chi connectivity index (χ2v) is 5.05. The normalized spacial score (nSPS) is 16.0. The van der Waals surface area contributed by atoms with Crippen LogP contribution in [0.15, 0.2) is 24.3 Å². The molecule has 1 aromatic carbocycles. The number of carbonyl (C=O) groups is 2. The summed E-state index contributed by atoms with van der Waals surface area (Å²) in [5.74, 6) is -0.837. The molecular formula is C14H16ClFN2O2. The molecule has 0 aromatic heterocycles. The molecule has 1 saturated heterocycles. The van der Waals surface area contributed by atoms with Crippen molar-refractivity contribution in [3.05, 3.63) is 35.6 Å². The molecule has 2 rings (SSSR count). The zero-order valence-corrected chi connectivity index (χ0v) is 11.7. The number of nitrogens with zero attached hydrogens (tertiary/aromatic N) is 1. The highest BCUT2D eigenvalue weighted by Gasteiger charge is 2.24. The Morgan fingerprint density at radius 2 is 2.05 bits per heavy atom. The Hall–Kier alpha value is -1.62. The number of nitrogens with one attached hydrogen (secondary N) is 1. The molecule has 6 heteroatoms. The van der Waals surface area contributed by atoms with Gasteiger partial charge in [0.25, 0.3) is 5.91 Å². The first-order valence-electron chi connectivity index (χ1n) is 6.50. The second-order valence-electron chi connectivity index (χ2n) is 4.78. The zero-order chi connectivity index (χ0) is 14.5. The summed E-state index contributed by atoms with van der Waals surface area (Å²) in [6.07, 6.45) is 1.37. The summed E-state index contributed by atoms with van der Waals surface area (Å²) in [6.45, 7) is 1.09. The minimum absolute atomic E-state index is 0.0531. The van der Waals surface area contributed by atoms with E-state index in [4.69, 9.17) is 11.6 Å². The van der Waals surface area contributed by atoms with Crippen molar-refractivity contribution >= 4 is 23.4 Å². The van der Waals surface area contributed by atoms with Crippen LogP contribution < -0.4 is 5.32 Å². The standard InChI is InChI=1S/C14H16ClFN2O2/c15-9-13(19)17-12-4-6-18(7-5-12)14(20)10-2-1-3-11(16)8-10/h1-3,8,12H,4-7,9H2,(H,17,19). The molecule has 0 saturated carbocycles. The summed E-state index contributed by atoms with van der Waals surface area (Å²) in [5.41, 5.74) is 0.355. The molecule has 4 nitrogen and oxygen atoms in total. The molecule has 1 aromatic rings. The third kappa shape index (κ3) is 3.70. The maximum atomic E-state index is 13.1. The lowest BCUT2D eigenvalue weighted by molar-refractivity contribution is -0.119. The summed E-state index contributed by atoms with van der Waals surface area (Å²) in [7, 11) is 0. The van der Waals surface area contributed by atoms with Gasteiger partial charge in [-0.3, -0.25) is 9.59 Å². The van der Waals surface area contributed by atoms with Crippen LogP contribution in [0.4, 0.5) is 4.39 Å². The molecule has 0 unspecified atom stereocenters. The Labute approximate surface area is 121 Å². The second kappa shape index (κ2) is 6.70. The number of piperidine rings is 1. The quantitative estimate of drug-likeness (QED) is 0.865. The monoisotopic (exact) mass is 298 g/mol. The fourth-order valence-corrected chi connectivity index (χ4v) is 2.37. The molecular weight excluding hydrogens is 283 g/mol. The Morgan fingerprint density at radius 1 is 1.35 bits per heavy atom. The van der Waals surface area contributed by atoms with Crippen LogP contribution in [0.3, 0.4) is 0 Å². The number of carbonyl (C=O) groups excluding carboxylic acids is 2. The van der Waals surface area contributed by atoms with Crippen LogP contribution in [-0.4, -0.2) is 41.7 Å². The highest BCUT2D eigenvalue weighted by Crippen LogP contribution is 2.14. The van der Waals surface area contributed by atoms with E-state index in [1.165, 1.54) is 18.2 Å². The number of alkyl halides is 1. The van der Waals surface area contributed by atoms with Crippen LogP contribution in [-0.2, 0) is 4.79 Å². The minimum atomic E-state index is -0.417. The van der Waals surface area contributed by atoms with Crippen molar-refractivity contribution in [2.24, 2.45) is 0 Å². The van der Waals surface area contributed by atoms with Crippen molar-refractivity contribution in [3.8, 4) is 0 Å². The fourth-order valence-electron chi connectivity index (χ4n) is 2.30. The summed E-state index contributed by atoms with van der Waals surface area (Å²) < 4.78 is 13.1. The van der Waals surface area contributed by atoms with Gasteiger partial charge in [-0.2, -0.15) is 0 Å². The van der Waals surface area contributed by atoms with E-state index in [1.54, 1.807) is 11.0 Å². The smallest absolute Gasteiger partial charge is 0.253 e. The minimum Gasteiger partial charge on any atom is -0.352 e. The van der Waals surface area contributed by atoms with E-state index in [2.05, 4.69) is 5.32 Å². The van der Waals surface area contributed by atoms with Gasteiger partial charge < -0.3 is 10.2 Å². The lowest BCUT2D eigenvalue weighted by atomic mass is 10.0. The van der Waals surface area contributed by atoms with Gasteiger partial charge in [-0.05, 0) is 31.0 Å². The van der Waals surface area contributed by atoms with Crippen molar-refractivity contribution < 1.29 is 14.0 Å². The van der Waals surface area contributed by atoms with Crippen LogP contribution in [0.1, 0.15) is 23.2 Å². The highest BCUT2D eigenvalue weighted by atomic mass is 35.5. The number of hydrogen-bond donors (Lipinski definition) is 1. The Kier molecular flexibility index (Phi) is 4.95. The molecule has 1 heterocycles. The van der Waals surface area contributed by atoms with E-state index in [1.807, 2.05) is 0 Å². The summed E-state index contributed by atoms with van der Waals surface area (Å²) in [4.78, 5) is 25.1. The zero-order valence-electron chi connectivity index (χ0n) is 10.9. The van der Waals surface area contributed by atoms with Crippen molar-refractivity contribution in [3.63, 3.8) is 0 Å². The van der Waals surface area contributed by atoms with Crippen molar-refractivity contribution in [2.45, 2.75) is 18.9 Å². The van der Waals surface area contributed by atoms with Crippen molar-refractivity contribution in [1.29, 1.82) is 0 Å². The van der Waals surface area contributed by atoms with E-state index in [-0.39, 0.29) is 23.7 Å². The molecule has 1 aliphatic heterocycles. The molecule has 2 amide bonds. The number of hydrogen-bond acceptors (Lipinski definition) is 2. The van der Waals surface area contributed by atoms with Gasteiger partial charge in [0.1, 0.15) is 11.7 Å². The molecule has 1 N–H and O–H groups in total. The summed E-state index contributed by atoms with van der Waals surface area (Å²) >= 11 is 5.43. The summed E-state index contributed by atoms with van der Waals surface area (Å²) in [5, 5.41) is 2.81. The number of benzene rings is 1. The molecule has 1 aliphatic rings. The first-order chi connectivity index (χ1) is 9.60. The van der Waals surface area contributed by atoms with Gasteiger partial charge in [0, 0.05) is 24.7 Å². The third-order valence-corrected chi connectivity index (χ3v) is 3.58. The predicted molar refractivity (Wildman–Crippen MR) is 74.2 cm³/mol. The fraction of sp³-hybridized carbons (Fsp3) is 0.429. The molecule has 0 atom stereocenters. The van der Waals surface area contributed by atoms with Gasteiger partial charge >= 0.3 is 0 Å². The summed E-state index contributed by atoms with van der Waals surface area (Å²) in [6, 6.07) is 5.73. The van der Waals surface area contributed by atoms with E-state index in [0.717, 1.165) is 0 Å². The van der Waals surface area contributed by atoms with Crippen molar-refractivity contribution in [2.75, 3.05) is 19.0 Å². The number of halogens is 2. The topological polar surface area (TPSA) is 49.4 Å². The Bertz CT molecular complexity index is 502. The van der Waals surface area contributed by atoms with Crippen molar-refractivity contribution in [1.82, 2.24) is 10.2 Å². The Morgan fingerprint density at radius 3 is 2.65 bits per heavy atom. The lowest BCUT2D eigenvalue weighted by Crippen LogP contribution is -2.46. The predicted octanol–water partition coefficient (Wildman–Crippen LogP) is 1.79. The largest absolute Gasteiger partial charge is 0.352 e. The number of rotatable bonds is 3.